The molecule has 1 atom stereocenters. The average Bonchev–Trinajstić information content (AvgIpc) is 3.20. The summed E-state index contributed by atoms with van der Waals surface area (Å²) in [4.78, 5) is 30.6. The zero-order valence-electron chi connectivity index (χ0n) is 16.4. The highest BCUT2D eigenvalue weighted by molar-refractivity contribution is 8.00. The fraction of sp³-hybridized carbons (Fsp3) is 0.200. The maximum absolute atomic E-state index is 13.0. The monoisotopic (exact) mass is 481 g/mol. The Labute approximate surface area is 189 Å². The average molecular weight is 482 g/mol. The molecule has 0 saturated carbocycles. The molecule has 7 nitrogen and oxygen atoms in total. The van der Waals surface area contributed by atoms with E-state index in [9.17, 15) is 22.8 Å². The highest BCUT2D eigenvalue weighted by Crippen LogP contribution is 2.38. The number of amides is 2. The summed E-state index contributed by atoms with van der Waals surface area (Å²) in [5.74, 6) is -0.541. The first-order valence-electron chi connectivity index (χ1n) is 9.29. The molecule has 32 heavy (non-hydrogen) atoms. The lowest BCUT2D eigenvalue weighted by Gasteiger charge is -2.31. The van der Waals surface area contributed by atoms with Crippen LogP contribution in [0.4, 0.5) is 24.5 Å². The predicted octanol–water partition coefficient (Wildman–Crippen LogP) is 4.61. The molecule has 2 aromatic carbocycles. The number of benzene rings is 2. The van der Waals surface area contributed by atoms with Crippen LogP contribution in [-0.2, 0) is 15.8 Å². The van der Waals surface area contributed by atoms with Gasteiger partial charge >= 0.3 is 6.18 Å². The van der Waals surface area contributed by atoms with Crippen LogP contribution < -0.4 is 10.2 Å². The van der Waals surface area contributed by atoms with Gasteiger partial charge in [0.15, 0.2) is 5.82 Å². The molecule has 3 aromatic rings. The van der Waals surface area contributed by atoms with Crippen molar-refractivity contribution in [2.45, 2.75) is 23.5 Å². The van der Waals surface area contributed by atoms with Crippen molar-refractivity contribution in [2.75, 3.05) is 16.8 Å². The van der Waals surface area contributed by atoms with Gasteiger partial charge in [0.2, 0.25) is 17.0 Å². The number of nitrogens with one attached hydrogen (secondary N) is 2. The Hall–Kier alpha value is -3.05. The quantitative estimate of drug-likeness (QED) is 0.531. The Balaban J connectivity index is 1.52. The van der Waals surface area contributed by atoms with Gasteiger partial charge in [-0.2, -0.15) is 13.2 Å². The number of carbonyl (C=O) groups excluding carboxylic acids is 2. The summed E-state index contributed by atoms with van der Waals surface area (Å²) in [6.07, 6.45) is -4.57. The number of H-pyrrole nitrogens is 1. The molecule has 1 aliphatic rings. The van der Waals surface area contributed by atoms with Gasteiger partial charge in [-0.3, -0.25) is 19.6 Å². The third kappa shape index (κ3) is 4.58. The van der Waals surface area contributed by atoms with E-state index in [1.807, 2.05) is 0 Å². The van der Waals surface area contributed by atoms with E-state index in [4.69, 9.17) is 11.6 Å². The number of aromatic nitrogens is 3. The standard InChI is InChI=1S/C20H15ClF3N5O2S/c1-10(32-19-26-17(27-28-19)11-2-5-13(21)6-3-11)18(31)29-9-16(30)25-14-8-12(20(22,23)24)4-7-15(14)29/h2-8,10H,9H2,1H3,(H,25,30)(H,26,27,28)/t10-/m1/s1. The molecule has 0 radical (unpaired) electrons. The van der Waals surface area contributed by atoms with Crippen LogP contribution in [0.2, 0.25) is 5.02 Å². The second kappa shape index (κ2) is 8.47. The van der Waals surface area contributed by atoms with Crippen molar-refractivity contribution < 1.29 is 22.8 Å². The number of rotatable bonds is 4. The van der Waals surface area contributed by atoms with Crippen LogP contribution in [-0.4, -0.2) is 38.8 Å². The van der Waals surface area contributed by atoms with Crippen LogP contribution in [0.3, 0.4) is 0 Å². The molecule has 1 aromatic heterocycles. The van der Waals surface area contributed by atoms with Crippen molar-refractivity contribution in [3.8, 4) is 11.4 Å². The number of hydrogen-bond donors (Lipinski definition) is 2. The maximum Gasteiger partial charge on any atom is 0.416 e. The van der Waals surface area contributed by atoms with Gasteiger partial charge in [-0.05, 0) is 49.4 Å². The molecular weight excluding hydrogens is 467 g/mol. The van der Waals surface area contributed by atoms with Gasteiger partial charge in [-0.25, -0.2) is 4.98 Å². The zero-order valence-corrected chi connectivity index (χ0v) is 18.0. The molecule has 0 aliphatic carbocycles. The Kier molecular flexibility index (Phi) is 5.87. The lowest BCUT2D eigenvalue weighted by atomic mass is 10.1. The molecular formula is C20H15ClF3N5O2S. The Morgan fingerprint density at radius 3 is 2.62 bits per heavy atom. The number of fused-ring (bicyclic) bond motifs is 1. The van der Waals surface area contributed by atoms with Gasteiger partial charge in [0.1, 0.15) is 6.54 Å². The number of halogens is 4. The number of nitrogens with zero attached hydrogens (tertiary/aromatic N) is 3. The Bertz CT molecular complexity index is 1180. The summed E-state index contributed by atoms with van der Waals surface area (Å²) in [5, 5.41) is 9.46. The van der Waals surface area contributed by atoms with Crippen molar-refractivity contribution in [3.05, 3.63) is 53.1 Å². The third-order valence-electron chi connectivity index (χ3n) is 4.67. The lowest BCUT2D eigenvalue weighted by molar-refractivity contribution is -0.137. The van der Waals surface area contributed by atoms with Crippen LogP contribution in [0.5, 0.6) is 0 Å². The number of anilines is 2. The molecule has 0 bridgehead atoms. The summed E-state index contributed by atoms with van der Waals surface area (Å²) < 4.78 is 39.0. The van der Waals surface area contributed by atoms with Crippen molar-refractivity contribution in [1.82, 2.24) is 15.2 Å². The van der Waals surface area contributed by atoms with E-state index in [0.717, 1.165) is 29.5 Å². The molecule has 2 N–H and O–H groups in total. The molecule has 0 unspecified atom stereocenters. The minimum Gasteiger partial charge on any atom is -0.323 e. The second-order valence-electron chi connectivity index (χ2n) is 6.94. The smallest absolute Gasteiger partial charge is 0.323 e. The molecule has 0 saturated heterocycles. The van der Waals surface area contributed by atoms with Gasteiger partial charge in [0.25, 0.3) is 0 Å². The topological polar surface area (TPSA) is 91.0 Å². The van der Waals surface area contributed by atoms with Gasteiger partial charge in [-0.15, -0.1) is 5.10 Å². The van der Waals surface area contributed by atoms with Gasteiger partial charge < -0.3 is 5.32 Å². The molecule has 1 aliphatic heterocycles. The van der Waals surface area contributed by atoms with Crippen molar-refractivity contribution in [3.63, 3.8) is 0 Å². The highest BCUT2D eigenvalue weighted by Gasteiger charge is 2.35. The zero-order chi connectivity index (χ0) is 23.0. The van der Waals surface area contributed by atoms with Gasteiger partial charge in [-0.1, -0.05) is 23.4 Å². The van der Waals surface area contributed by atoms with Gasteiger partial charge in [0, 0.05) is 10.6 Å². The molecule has 2 heterocycles. The number of aromatic amines is 1. The van der Waals surface area contributed by atoms with Crippen LogP contribution in [0.15, 0.2) is 47.6 Å². The first kappa shape index (κ1) is 22.2. The number of hydrogen-bond acceptors (Lipinski definition) is 5. The summed E-state index contributed by atoms with van der Waals surface area (Å²) >= 11 is 6.95. The van der Waals surface area contributed by atoms with E-state index in [0.29, 0.717) is 16.0 Å². The Morgan fingerprint density at radius 1 is 1.22 bits per heavy atom. The van der Waals surface area contributed by atoms with Crippen LogP contribution in [0, 0.1) is 0 Å². The number of carbonyl (C=O) groups is 2. The van der Waals surface area contributed by atoms with Crippen LogP contribution in [0.25, 0.3) is 11.4 Å². The van der Waals surface area contributed by atoms with E-state index in [1.165, 1.54) is 11.0 Å². The lowest BCUT2D eigenvalue weighted by Crippen LogP contribution is -2.45. The fourth-order valence-electron chi connectivity index (χ4n) is 3.13. The minimum absolute atomic E-state index is 0.0652. The molecule has 0 fully saturated rings. The van der Waals surface area contributed by atoms with E-state index in [1.54, 1.807) is 31.2 Å². The number of alkyl halides is 3. The fourth-order valence-corrected chi connectivity index (χ4v) is 4.04. The third-order valence-corrected chi connectivity index (χ3v) is 5.87. The van der Waals surface area contributed by atoms with Crippen LogP contribution in [0.1, 0.15) is 12.5 Å². The van der Waals surface area contributed by atoms with E-state index in [2.05, 4.69) is 20.5 Å². The van der Waals surface area contributed by atoms with Crippen molar-refractivity contribution >= 4 is 46.6 Å². The normalized spacial score (nSPS) is 14.7. The van der Waals surface area contributed by atoms with Gasteiger partial charge in [0.05, 0.1) is 22.2 Å². The summed E-state index contributed by atoms with van der Waals surface area (Å²) in [7, 11) is 0. The Morgan fingerprint density at radius 2 is 1.94 bits per heavy atom. The first-order chi connectivity index (χ1) is 15.1. The van der Waals surface area contributed by atoms with E-state index < -0.39 is 28.8 Å². The van der Waals surface area contributed by atoms with E-state index in [-0.39, 0.29) is 17.9 Å². The maximum atomic E-state index is 13.0. The summed E-state index contributed by atoms with van der Waals surface area (Å²) in [5.41, 5.74) is -0.0185. The second-order valence-corrected chi connectivity index (χ2v) is 8.68. The molecule has 166 valence electrons. The first-order valence-corrected chi connectivity index (χ1v) is 10.5. The summed E-state index contributed by atoms with van der Waals surface area (Å²) in [6.45, 7) is 1.31. The number of thioether (sulfide) groups is 1. The largest absolute Gasteiger partial charge is 0.416 e. The molecule has 12 heteroatoms. The molecule has 2 amide bonds. The highest BCUT2D eigenvalue weighted by atomic mass is 35.5. The summed E-state index contributed by atoms with van der Waals surface area (Å²) in [6, 6.07) is 9.83. The minimum atomic E-state index is -4.57. The predicted molar refractivity (Wildman–Crippen MR) is 115 cm³/mol. The van der Waals surface area contributed by atoms with Crippen molar-refractivity contribution in [2.24, 2.45) is 0 Å². The molecule has 0 spiro atoms. The van der Waals surface area contributed by atoms with E-state index >= 15 is 0 Å². The van der Waals surface area contributed by atoms with Crippen LogP contribution >= 0.6 is 23.4 Å². The molecule has 4 rings (SSSR count). The van der Waals surface area contributed by atoms with Crippen molar-refractivity contribution in [1.29, 1.82) is 0 Å². The SMILES string of the molecule is C[C@@H](Sc1n[nH]c(-c2ccc(Cl)cc2)n1)C(=O)N1CC(=O)Nc2cc(C(F)(F)F)ccc21.